The van der Waals surface area contributed by atoms with Gasteiger partial charge in [-0.15, -0.1) is 0 Å². The molecule has 1 atom stereocenters. The predicted molar refractivity (Wildman–Crippen MR) is 102 cm³/mol. The van der Waals surface area contributed by atoms with E-state index in [0.29, 0.717) is 17.7 Å². The zero-order valence-corrected chi connectivity index (χ0v) is 14.7. The average Bonchev–Trinajstić information content (AvgIpc) is 3.15. The Morgan fingerprint density at radius 1 is 0.962 bits per heavy atom. The van der Waals surface area contributed by atoms with Crippen LogP contribution in [0.3, 0.4) is 0 Å². The molecule has 0 aliphatic carbocycles. The van der Waals surface area contributed by atoms with Crippen molar-refractivity contribution in [1.29, 1.82) is 0 Å². The lowest BCUT2D eigenvalue weighted by Gasteiger charge is -2.18. The van der Waals surface area contributed by atoms with Crippen molar-refractivity contribution < 1.29 is 14.6 Å². The highest BCUT2D eigenvalue weighted by atomic mass is 16.5. The second-order valence-electron chi connectivity index (χ2n) is 6.20. The van der Waals surface area contributed by atoms with E-state index in [1.165, 1.54) is 0 Å². The maximum absolute atomic E-state index is 10.3. The number of hydrazone groups is 1. The van der Waals surface area contributed by atoms with Gasteiger partial charge in [-0.05, 0) is 29.0 Å². The van der Waals surface area contributed by atoms with Crippen LogP contribution in [0.5, 0.6) is 17.2 Å². The van der Waals surface area contributed by atoms with Gasteiger partial charge < -0.3 is 20.0 Å². The Balaban J connectivity index is 1.75. The van der Waals surface area contributed by atoms with E-state index in [4.69, 9.17) is 9.47 Å². The van der Waals surface area contributed by atoms with Crippen LogP contribution >= 0.6 is 0 Å². The van der Waals surface area contributed by atoms with Crippen LogP contribution in [0.4, 0.5) is 0 Å². The second-order valence-corrected chi connectivity index (χ2v) is 6.20. The molecule has 5 nitrogen and oxygen atoms in total. The van der Waals surface area contributed by atoms with Crippen LogP contribution in [0, 0.1) is 0 Å². The quantitative estimate of drug-likeness (QED) is 0.748. The number of phenols is 1. The molecular formula is C21H20N2O3. The summed E-state index contributed by atoms with van der Waals surface area (Å²) in [6.45, 7) is 0. The third kappa shape index (κ3) is 2.62. The topological polar surface area (TPSA) is 63.1 Å². The van der Waals surface area contributed by atoms with Crippen molar-refractivity contribution in [3.63, 3.8) is 0 Å². The minimum atomic E-state index is -0.0460. The fourth-order valence-electron chi connectivity index (χ4n) is 3.56. The van der Waals surface area contributed by atoms with Gasteiger partial charge in [0, 0.05) is 12.0 Å². The molecule has 0 amide bonds. The summed E-state index contributed by atoms with van der Waals surface area (Å²) in [5.74, 6) is 1.59. The van der Waals surface area contributed by atoms with Crippen molar-refractivity contribution in [2.24, 2.45) is 5.10 Å². The molecule has 0 bridgehead atoms. The first-order valence-electron chi connectivity index (χ1n) is 8.47. The third-order valence-corrected chi connectivity index (χ3v) is 4.76. The van der Waals surface area contributed by atoms with Gasteiger partial charge in [0.05, 0.1) is 31.5 Å². The lowest BCUT2D eigenvalue weighted by atomic mass is 9.93. The number of phenolic OH excluding ortho intramolecular Hbond substituents is 1. The van der Waals surface area contributed by atoms with Gasteiger partial charge in [-0.25, -0.2) is 0 Å². The summed E-state index contributed by atoms with van der Waals surface area (Å²) in [7, 11) is 3.27. The number of methoxy groups -OCH3 is 2. The first-order chi connectivity index (χ1) is 12.7. The van der Waals surface area contributed by atoms with Crippen molar-refractivity contribution in [3.8, 4) is 17.2 Å². The molecule has 0 saturated carbocycles. The molecule has 132 valence electrons. The Morgan fingerprint density at radius 3 is 2.58 bits per heavy atom. The molecule has 1 aliphatic heterocycles. The Morgan fingerprint density at radius 2 is 1.77 bits per heavy atom. The van der Waals surface area contributed by atoms with E-state index in [-0.39, 0.29) is 11.8 Å². The van der Waals surface area contributed by atoms with Gasteiger partial charge in [0.25, 0.3) is 0 Å². The van der Waals surface area contributed by atoms with Gasteiger partial charge in [-0.1, -0.05) is 36.4 Å². The van der Waals surface area contributed by atoms with Gasteiger partial charge in [0.15, 0.2) is 0 Å². The van der Waals surface area contributed by atoms with Crippen LogP contribution in [0.15, 0.2) is 59.7 Å². The summed E-state index contributed by atoms with van der Waals surface area (Å²) < 4.78 is 11.0. The minimum Gasteiger partial charge on any atom is -0.507 e. The second kappa shape index (κ2) is 6.59. The Hall–Kier alpha value is -3.21. The Bertz CT molecular complexity index is 998. The fourth-order valence-corrected chi connectivity index (χ4v) is 3.56. The van der Waals surface area contributed by atoms with Crippen molar-refractivity contribution in [1.82, 2.24) is 5.43 Å². The molecule has 1 heterocycles. The van der Waals surface area contributed by atoms with Crippen molar-refractivity contribution >= 4 is 16.5 Å². The molecule has 5 heteroatoms. The molecule has 0 fully saturated rings. The number of benzene rings is 3. The van der Waals surface area contributed by atoms with Gasteiger partial charge in [0.2, 0.25) is 0 Å². The summed E-state index contributed by atoms with van der Waals surface area (Å²) in [4.78, 5) is 0. The molecular weight excluding hydrogens is 328 g/mol. The molecule has 2 N–H and O–H groups in total. The van der Waals surface area contributed by atoms with E-state index < -0.39 is 0 Å². The number of ether oxygens (including phenoxy) is 2. The zero-order chi connectivity index (χ0) is 18.1. The van der Waals surface area contributed by atoms with Gasteiger partial charge in [-0.3, -0.25) is 0 Å². The molecule has 0 spiro atoms. The van der Waals surface area contributed by atoms with E-state index in [2.05, 4.69) is 28.7 Å². The summed E-state index contributed by atoms with van der Waals surface area (Å²) in [6.07, 6.45) is 0.623. The predicted octanol–water partition coefficient (Wildman–Crippen LogP) is 4.00. The van der Waals surface area contributed by atoms with Crippen LogP contribution in [0.2, 0.25) is 0 Å². The number of nitrogens with zero attached hydrogens (tertiary/aromatic N) is 1. The van der Waals surface area contributed by atoms with Crippen molar-refractivity contribution in [2.75, 3.05) is 14.2 Å². The van der Waals surface area contributed by atoms with Crippen LogP contribution in [-0.4, -0.2) is 25.0 Å². The molecule has 1 aliphatic rings. The maximum Gasteiger partial charge on any atom is 0.131 e. The molecule has 3 aromatic rings. The lowest BCUT2D eigenvalue weighted by Crippen LogP contribution is -2.12. The summed E-state index contributed by atoms with van der Waals surface area (Å²) in [6, 6.07) is 17.4. The largest absolute Gasteiger partial charge is 0.507 e. The third-order valence-electron chi connectivity index (χ3n) is 4.76. The number of nitrogens with one attached hydrogen (secondary N) is 1. The van der Waals surface area contributed by atoms with E-state index in [9.17, 15) is 5.11 Å². The zero-order valence-electron chi connectivity index (χ0n) is 14.7. The normalized spacial score (nSPS) is 16.2. The van der Waals surface area contributed by atoms with E-state index in [1.807, 2.05) is 24.3 Å². The SMILES string of the molecule is COc1cccc(O)c1C1=NNC(c2c(OC)ccc3ccccc23)C1. The highest BCUT2D eigenvalue weighted by Crippen LogP contribution is 2.39. The van der Waals surface area contributed by atoms with E-state index >= 15 is 0 Å². The van der Waals surface area contributed by atoms with Crippen LogP contribution in [0.1, 0.15) is 23.6 Å². The number of rotatable bonds is 4. The molecule has 4 rings (SSSR count). The maximum atomic E-state index is 10.3. The van der Waals surface area contributed by atoms with Crippen LogP contribution < -0.4 is 14.9 Å². The Labute approximate surface area is 151 Å². The first-order valence-corrected chi connectivity index (χ1v) is 8.47. The monoisotopic (exact) mass is 348 g/mol. The van der Waals surface area contributed by atoms with Crippen LogP contribution in [0.25, 0.3) is 10.8 Å². The van der Waals surface area contributed by atoms with Crippen molar-refractivity contribution in [2.45, 2.75) is 12.5 Å². The highest BCUT2D eigenvalue weighted by Gasteiger charge is 2.28. The van der Waals surface area contributed by atoms with Crippen LogP contribution in [-0.2, 0) is 0 Å². The molecule has 0 radical (unpaired) electrons. The standard InChI is InChI=1S/C21H20N2O3/c1-25-18-9-5-8-17(24)21(18)16-12-15(22-23-16)20-14-7-4-3-6-13(14)10-11-19(20)26-2/h3-11,15,22,24H,12H2,1-2H3. The average molecular weight is 348 g/mol. The first kappa shape index (κ1) is 16.3. The molecule has 1 unspecified atom stereocenters. The smallest absolute Gasteiger partial charge is 0.131 e. The number of hydrogen-bond acceptors (Lipinski definition) is 5. The van der Waals surface area contributed by atoms with Gasteiger partial charge in [-0.2, -0.15) is 5.10 Å². The summed E-state index contributed by atoms with van der Waals surface area (Å²) in [5.41, 5.74) is 5.67. The molecule has 0 saturated heterocycles. The lowest BCUT2D eigenvalue weighted by molar-refractivity contribution is 0.404. The molecule has 26 heavy (non-hydrogen) atoms. The highest BCUT2D eigenvalue weighted by molar-refractivity contribution is 6.06. The summed E-state index contributed by atoms with van der Waals surface area (Å²) in [5, 5.41) is 17.1. The minimum absolute atomic E-state index is 0.0460. The van der Waals surface area contributed by atoms with Gasteiger partial charge in [0.1, 0.15) is 17.2 Å². The number of aromatic hydroxyl groups is 1. The van der Waals surface area contributed by atoms with E-state index in [0.717, 1.165) is 27.8 Å². The van der Waals surface area contributed by atoms with Gasteiger partial charge >= 0.3 is 0 Å². The van der Waals surface area contributed by atoms with Crippen molar-refractivity contribution in [3.05, 3.63) is 65.7 Å². The molecule has 0 aromatic heterocycles. The Kier molecular flexibility index (Phi) is 4.13. The molecule has 3 aromatic carbocycles. The number of hydrogen-bond donors (Lipinski definition) is 2. The van der Waals surface area contributed by atoms with E-state index in [1.54, 1.807) is 26.4 Å². The number of fused-ring (bicyclic) bond motifs is 1. The fraction of sp³-hybridized carbons (Fsp3) is 0.190. The summed E-state index contributed by atoms with van der Waals surface area (Å²) >= 11 is 0.